The Morgan fingerprint density at radius 1 is 1.05 bits per heavy atom. The second-order valence-corrected chi connectivity index (χ2v) is 6.07. The number of hydrogen-bond donors (Lipinski definition) is 2. The van der Waals surface area contributed by atoms with Crippen LogP contribution in [0.5, 0.6) is 0 Å². The maximum absolute atomic E-state index is 12.3. The van der Waals surface area contributed by atoms with E-state index in [-0.39, 0.29) is 5.91 Å². The first-order chi connectivity index (χ1) is 9.43. The number of benzene rings is 2. The molecule has 2 aromatic carbocycles. The lowest BCUT2D eigenvalue weighted by molar-refractivity contribution is 0.102. The fourth-order valence-electron chi connectivity index (χ4n) is 1.96. The summed E-state index contributed by atoms with van der Waals surface area (Å²) in [6.45, 7) is 3.83. The average molecular weight is 398 g/mol. The minimum Gasteiger partial charge on any atom is -0.397 e. The predicted molar refractivity (Wildman–Crippen MR) is 90.1 cm³/mol. The van der Waals surface area contributed by atoms with E-state index in [2.05, 4.69) is 37.2 Å². The second kappa shape index (κ2) is 5.97. The number of halogens is 2. The summed E-state index contributed by atoms with van der Waals surface area (Å²) >= 11 is 6.91. The van der Waals surface area contributed by atoms with Crippen LogP contribution >= 0.6 is 31.9 Å². The Balaban J connectivity index is 2.43. The normalized spacial score (nSPS) is 10.4. The molecule has 3 N–H and O–H groups in total. The molecule has 1 amide bonds. The number of hydrogen-bond acceptors (Lipinski definition) is 2. The molecule has 0 aromatic heterocycles. The van der Waals surface area contributed by atoms with E-state index in [1.165, 1.54) is 0 Å². The number of amides is 1. The highest BCUT2D eigenvalue weighted by molar-refractivity contribution is 9.11. The number of nitrogen functional groups attached to an aromatic ring is 1. The van der Waals surface area contributed by atoms with Crippen LogP contribution in [0.1, 0.15) is 21.5 Å². The van der Waals surface area contributed by atoms with Gasteiger partial charge in [-0.1, -0.05) is 18.2 Å². The van der Waals surface area contributed by atoms with Crippen LogP contribution in [0.25, 0.3) is 0 Å². The van der Waals surface area contributed by atoms with Crippen LogP contribution in [0, 0.1) is 13.8 Å². The van der Waals surface area contributed by atoms with E-state index >= 15 is 0 Å². The van der Waals surface area contributed by atoms with Gasteiger partial charge in [0.1, 0.15) is 0 Å². The third-order valence-corrected chi connectivity index (χ3v) is 5.20. The van der Waals surface area contributed by atoms with Gasteiger partial charge in [-0.25, -0.2) is 0 Å². The summed E-state index contributed by atoms with van der Waals surface area (Å²) in [6.07, 6.45) is 0. The number of anilines is 2. The maximum Gasteiger partial charge on any atom is 0.255 e. The van der Waals surface area contributed by atoms with Crippen molar-refractivity contribution < 1.29 is 4.79 Å². The van der Waals surface area contributed by atoms with E-state index in [4.69, 9.17) is 5.73 Å². The number of rotatable bonds is 2. The third kappa shape index (κ3) is 2.74. The smallest absolute Gasteiger partial charge is 0.255 e. The van der Waals surface area contributed by atoms with Gasteiger partial charge in [0.25, 0.3) is 5.91 Å². The SMILES string of the molecule is Cc1c(Br)c(N)c(Br)c(C)c1NC(=O)c1ccccc1. The Hall–Kier alpha value is -1.33. The molecule has 0 unspecified atom stereocenters. The van der Waals surface area contributed by atoms with Crippen molar-refractivity contribution in [1.82, 2.24) is 0 Å². The Bertz CT molecular complexity index is 640. The molecule has 0 atom stereocenters. The van der Waals surface area contributed by atoms with Crippen LogP contribution in [-0.2, 0) is 0 Å². The van der Waals surface area contributed by atoms with E-state index < -0.39 is 0 Å². The number of nitrogens with two attached hydrogens (primary N) is 1. The largest absolute Gasteiger partial charge is 0.397 e. The molecule has 0 saturated carbocycles. The lowest BCUT2D eigenvalue weighted by Gasteiger charge is -2.17. The lowest BCUT2D eigenvalue weighted by atomic mass is 10.1. The first kappa shape index (κ1) is 15.1. The molecule has 0 aliphatic carbocycles. The molecule has 0 radical (unpaired) electrons. The van der Waals surface area contributed by atoms with Crippen molar-refractivity contribution in [3.05, 3.63) is 56.0 Å². The molecular weight excluding hydrogens is 384 g/mol. The maximum atomic E-state index is 12.3. The second-order valence-electron chi connectivity index (χ2n) is 4.49. The van der Waals surface area contributed by atoms with Crippen molar-refractivity contribution in [2.24, 2.45) is 0 Å². The molecular formula is C15H14Br2N2O. The van der Waals surface area contributed by atoms with Crippen molar-refractivity contribution in [3.63, 3.8) is 0 Å². The zero-order valence-electron chi connectivity index (χ0n) is 11.1. The summed E-state index contributed by atoms with van der Waals surface area (Å²) in [6, 6.07) is 9.11. The van der Waals surface area contributed by atoms with Crippen LogP contribution < -0.4 is 11.1 Å². The van der Waals surface area contributed by atoms with Gasteiger partial charge in [-0.15, -0.1) is 0 Å². The molecule has 20 heavy (non-hydrogen) atoms. The summed E-state index contributed by atoms with van der Waals surface area (Å²) in [5.41, 5.74) is 9.83. The molecule has 0 bridgehead atoms. The highest BCUT2D eigenvalue weighted by Crippen LogP contribution is 2.39. The van der Waals surface area contributed by atoms with Crippen molar-refractivity contribution in [1.29, 1.82) is 0 Å². The summed E-state index contributed by atoms with van der Waals surface area (Å²) in [5.74, 6) is -0.139. The van der Waals surface area contributed by atoms with E-state index in [0.29, 0.717) is 11.3 Å². The predicted octanol–water partition coefficient (Wildman–Crippen LogP) is 4.66. The number of nitrogens with one attached hydrogen (secondary N) is 1. The first-order valence-electron chi connectivity index (χ1n) is 6.03. The van der Waals surface area contributed by atoms with E-state index in [1.54, 1.807) is 12.1 Å². The summed E-state index contributed by atoms with van der Waals surface area (Å²) in [7, 11) is 0. The molecule has 3 nitrogen and oxygen atoms in total. The highest BCUT2D eigenvalue weighted by Gasteiger charge is 2.17. The first-order valence-corrected chi connectivity index (χ1v) is 7.62. The van der Waals surface area contributed by atoms with Gasteiger partial charge in [-0.3, -0.25) is 4.79 Å². The molecule has 104 valence electrons. The topological polar surface area (TPSA) is 55.1 Å². The standard InChI is InChI=1S/C15H14Br2N2O/c1-8-11(16)13(18)12(17)9(2)14(8)19-15(20)10-6-4-3-5-7-10/h3-7H,18H2,1-2H3,(H,19,20). The Labute approximate surface area is 134 Å². The van der Waals surface area contributed by atoms with Crippen LogP contribution in [0.4, 0.5) is 11.4 Å². The Morgan fingerprint density at radius 3 is 2.05 bits per heavy atom. The molecule has 0 saturated heterocycles. The van der Waals surface area contributed by atoms with Crippen molar-refractivity contribution >= 4 is 49.1 Å². The van der Waals surface area contributed by atoms with Gasteiger partial charge < -0.3 is 11.1 Å². The molecule has 2 rings (SSSR count). The fraction of sp³-hybridized carbons (Fsp3) is 0.133. The molecule has 0 heterocycles. The van der Waals surface area contributed by atoms with Gasteiger partial charge in [0, 0.05) is 20.2 Å². The van der Waals surface area contributed by atoms with Crippen LogP contribution in [-0.4, -0.2) is 5.91 Å². The molecule has 0 aliphatic heterocycles. The summed E-state index contributed by atoms with van der Waals surface area (Å²) < 4.78 is 1.58. The van der Waals surface area contributed by atoms with Gasteiger partial charge in [-0.2, -0.15) is 0 Å². The molecule has 5 heteroatoms. The minimum atomic E-state index is -0.139. The Kier molecular flexibility index (Phi) is 4.50. The third-order valence-electron chi connectivity index (χ3n) is 3.16. The van der Waals surface area contributed by atoms with Crippen molar-refractivity contribution in [2.75, 3.05) is 11.1 Å². The van der Waals surface area contributed by atoms with Gasteiger partial charge in [-0.05, 0) is 69.0 Å². The Morgan fingerprint density at radius 2 is 1.55 bits per heavy atom. The van der Waals surface area contributed by atoms with Gasteiger partial charge in [0.2, 0.25) is 0 Å². The number of carbonyl (C=O) groups excluding carboxylic acids is 1. The zero-order valence-corrected chi connectivity index (χ0v) is 14.3. The van der Waals surface area contributed by atoms with E-state index in [9.17, 15) is 4.79 Å². The average Bonchev–Trinajstić information content (AvgIpc) is 2.48. The molecule has 0 fully saturated rings. The lowest BCUT2D eigenvalue weighted by Crippen LogP contribution is -2.14. The van der Waals surface area contributed by atoms with Crippen LogP contribution in [0.2, 0.25) is 0 Å². The molecule has 2 aromatic rings. The zero-order chi connectivity index (χ0) is 14.9. The van der Waals surface area contributed by atoms with Gasteiger partial charge in [0.05, 0.1) is 5.69 Å². The van der Waals surface area contributed by atoms with E-state index in [0.717, 1.165) is 25.8 Å². The molecule has 0 aliphatic rings. The van der Waals surface area contributed by atoms with Crippen molar-refractivity contribution in [3.8, 4) is 0 Å². The quantitative estimate of drug-likeness (QED) is 0.723. The monoisotopic (exact) mass is 396 g/mol. The van der Waals surface area contributed by atoms with Crippen molar-refractivity contribution in [2.45, 2.75) is 13.8 Å². The van der Waals surface area contributed by atoms with Gasteiger partial charge in [0.15, 0.2) is 0 Å². The van der Waals surface area contributed by atoms with Gasteiger partial charge >= 0.3 is 0 Å². The molecule has 0 spiro atoms. The van der Waals surface area contributed by atoms with Crippen LogP contribution in [0.3, 0.4) is 0 Å². The van der Waals surface area contributed by atoms with Crippen LogP contribution in [0.15, 0.2) is 39.3 Å². The number of carbonyl (C=O) groups is 1. The summed E-state index contributed by atoms with van der Waals surface area (Å²) in [4.78, 5) is 12.3. The fourth-order valence-corrected chi connectivity index (χ4v) is 3.02. The summed E-state index contributed by atoms with van der Waals surface area (Å²) in [5, 5.41) is 2.95. The highest BCUT2D eigenvalue weighted by atomic mass is 79.9. The minimum absolute atomic E-state index is 0.139. The van der Waals surface area contributed by atoms with E-state index in [1.807, 2.05) is 32.0 Å².